The fourth-order valence-corrected chi connectivity index (χ4v) is 15.9. The minimum Gasteiger partial charge on any atom is -0.462 e. The zero-order valence-electron chi connectivity index (χ0n) is 72.6. The quantitative estimate of drug-likeness (QED) is 0.0222. The number of hydrogen-bond donors (Lipinski definition) is 3. The van der Waals surface area contributed by atoms with Crippen molar-refractivity contribution in [1.82, 2.24) is 0 Å². The third-order valence-electron chi connectivity index (χ3n) is 21.8. The van der Waals surface area contributed by atoms with Gasteiger partial charge in [0.1, 0.15) is 19.3 Å². The zero-order chi connectivity index (χ0) is 80.6. The second-order valence-corrected chi connectivity index (χ2v) is 36.3. The number of ether oxygens (including phenoxy) is 4. The minimum absolute atomic E-state index is 0.109. The zero-order valence-corrected chi connectivity index (χ0v) is 74.4. The lowest BCUT2D eigenvalue weighted by Crippen LogP contribution is -2.30. The fraction of sp³-hybridized carbons (Fsp3) is 0.956. The Morgan fingerprint density at radius 1 is 0.264 bits per heavy atom. The topological polar surface area (TPSA) is 237 Å². The van der Waals surface area contributed by atoms with Crippen molar-refractivity contribution in [3.63, 3.8) is 0 Å². The average Bonchev–Trinajstić information content (AvgIpc) is 0.898. The molecule has 0 bridgehead atoms. The number of aliphatic hydroxyl groups is 1. The highest BCUT2D eigenvalue weighted by Crippen LogP contribution is 2.45. The van der Waals surface area contributed by atoms with E-state index in [9.17, 15) is 43.2 Å². The molecule has 0 rings (SSSR count). The molecule has 0 aromatic heterocycles. The van der Waals surface area contributed by atoms with E-state index in [0.717, 1.165) is 102 Å². The maximum Gasteiger partial charge on any atom is 0.472 e. The van der Waals surface area contributed by atoms with E-state index in [2.05, 4.69) is 41.5 Å². The van der Waals surface area contributed by atoms with Gasteiger partial charge in [-0.15, -0.1) is 0 Å². The molecule has 0 saturated carbocycles. The lowest BCUT2D eigenvalue weighted by molar-refractivity contribution is -0.161. The van der Waals surface area contributed by atoms with Crippen LogP contribution in [0.2, 0.25) is 0 Å². The summed E-state index contributed by atoms with van der Waals surface area (Å²) in [7, 11) is -9.93. The number of rotatable bonds is 90. The summed E-state index contributed by atoms with van der Waals surface area (Å²) in [5.41, 5.74) is 0. The first-order valence-corrected chi connectivity index (χ1v) is 50.0. The third kappa shape index (κ3) is 82.6. The molecule has 0 aliphatic carbocycles. The van der Waals surface area contributed by atoms with E-state index in [0.29, 0.717) is 25.7 Å². The highest BCUT2D eigenvalue weighted by molar-refractivity contribution is 7.47. The van der Waals surface area contributed by atoms with Crippen molar-refractivity contribution in [1.29, 1.82) is 0 Å². The predicted octanol–water partition coefficient (Wildman–Crippen LogP) is 28.2. The highest BCUT2D eigenvalue weighted by atomic mass is 31.2. The van der Waals surface area contributed by atoms with E-state index in [1.807, 2.05) is 0 Å². The molecule has 654 valence electrons. The van der Waals surface area contributed by atoms with Gasteiger partial charge in [0.15, 0.2) is 12.2 Å². The molecule has 3 unspecified atom stereocenters. The summed E-state index contributed by atoms with van der Waals surface area (Å²) in [6.07, 6.45) is 76.3. The first-order valence-electron chi connectivity index (χ1n) is 47.0. The Bertz CT molecular complexity index is 2100. The fourth-order valence-electron chi connectivity index (χ4n) is 14.3. The van der Waals surface area contributed by atoms with Crippen LogP contribution in [0.4, 0.5) is 0 Å². The van der Waals surface area contributed by atoms with Gasteiger partial charge in [0, 0.05) is 25.7 Å². The normalized spacial score (nSPS) is 14.0. The standard InChI is InChI=1S/C91H178O17P2/c1-7-10-12-14-16-18-20-22-38-45-51-57-63-69-75-90(95)107-86(79-101-88(93)73-67-61-55-49-43-35-21-19-17-15-13-11-8-2)81-105-109(97,98)103-77-85(92)78-104-110(99,100)106-82-87(80-102-89(94)74-68-62-56-50-44-39-33-29-25-23-27-31-36-41-47-53-59-65-71-83(4)5)108-91(96)76-70-64-58-52-46-40-34-30-26-24-28-32-37-42-48-54-60-66-72-84(6)9-3/h83-87,92H,7-82H2,1-6H3,(H,97,98)(H,99,100)/t84?,85-,86+,87+/m0/s1. The molecule has 17 nitrogen and oxygen atoms in total. The van der Waals surface area contributed by atoms with Crippen LogP contribution in [0.1, 0.15) is 491 Å². The number of phosphoric ester groups is 2. The van der Waals surface area contributed by atoms with Crippen molar-refractivity contribution in [2.75, 3.05) is 39.6 Å². The smallest absolute Gasteiger partial charge is 0.462 e. The molecular formula is C91H178O17P2. The Hall–Kier alpha value is -1.94. The van der Waals surface area contributed by atoms with Gasteiger partial charge in [-0.3, -0.25) is 37.3 Å². The number of carbonyl (C=O) groups excluding carboxylic acids is 4. The SMILES string of the molecule is CCCCCCCCCCCCCCCCC(=O)O[C@H](COC(=O)CCCCCCCCCCCCCCC)COP(=O)(O)OC[C@H](O)COP(=O)(O)OC[C@@H](COC(=O)CCCCCCCCCCCCCCCCCCCCC(C)C)OC(=O)CCCCCCCCCCCCCCCCCCCCC(C)CC. The lowest BCUT2D eigenvalue weighted by Gasteiger charge is -2.21. The Labute approximate surface area is 677 Å². The molecule has 0 aromatic rings. The van der Waals surface area contributed by atoms with E-state index in [4.69, 9.17) is 37.0 Å². The van der Waals surface area contributed by atoms with Crippen LogP contribution in [0, 0.1) is 11.8 Å². The summed E-state index contributed by atoms with van der Waals surface area (Å²) in [6.45, 7) is 9.81. The molecule has 6 atom stereocenters. The van der Waals surface area contributed by atoms with Gasteiger partial charge in [0.25, 0.3) is 0 Å². The van der Waals surface area contributed by atoms with Crippen molar-refractivity contribution in [2.45, 2.75) is 509 Å². The number of unbranched alkanes of at least 4 members (excludes halogenated alkanes) is 59. The second-order valence-electron chi connectivity index (χ2n) is 33.4. The van der Waals surface area contributed by atoms with Crippen LogP contribution >= 0.6 is 15.6 Å². The summed E-state index contributed by atoms with van der Waals surface area (Å²) in [5, 5.41) is 10.7. The Morgan fingerprint density at radius 3 is 0.691 bits per heavy atom. The molecule has 110 heavy (non-hydrogen) atoms. The van der Waals surface area contributed by atoms with Crippen LogP contribution in [0.25, 0.3) is 0 Å². The van der Waals surface area contributed by atoms with Gasteiger partial charge in [-0.2, -0.15) is 0 Å². The van der Waals surface area contributed by atoms with Gasteiger partial charge in [-0.05, 0) is 37.5 Å². The summed E-state index contributed by atoms with van der Waals surface area (Å²) < 4.78 is 69.1. The molecule has 0 amide bonds. The summed E-state index contributed by atoms with van der Waals surface area (Å²) in [5.74, 6) is -0.399. The molecule has 0 radical (unpaired) electrons. The van der Waals surface area contributed by atoms with Gasteiger partial charge in [0.2, 0.25) is 0 Å². The van der Waals surface area contributed by atoms with E-state index < -0.39 is 97.5 Å². The molecule has 0 aliphatic rings. The lowest BCUT2D eigenvalue weighted by atomic mass is 9.99. The van der Waals surface area contributed by atoms with E-state index >= 15 is 0 Å². The van der Waals surface area contributed by atoms with Gasteiger partial charge >= 0.3 is 39.5 Å². The van der Waals surface area contributed by atoms with Crippen LogP contribution in [0.15, 0.2) is 0 Å². The second kappa shape index (κ2) is 82.2. The molecule has 0 aromatic carbocycles. The number of esters is 4. The van der Waals surface area contributed by atoms with Crippen LogP contribution in [-0.2, 0) is 65.4 Å². The largest absolute Gasteiger partial charge is 0.472 e. The number of carbonyl (C=O) groups is 4. The molecule has 0 aliphatic heterocycles. The molecular weight excluding hydrogens is 1430 g/mol. The van der Waals surface area contributed by atoms with E-state index in [1.54, 1.807) is 0 Å². The van der Waals surface area contributed by atoms with Gasteiger partial charge < -0.3 is 33.8 Å². The van der Waals surface area contributed by atoms with E-state index in [1.165, 1.54) is 308 Å². The molecule has 3 N–H and O–H groups in total. The maximum atomic E-state index is 13.2. The Kier molecular flexibility index (Phi) is 80.7. The van der Waals surface area contributed by atoms with Crippen molar-refractivity contribution < 1.29 is 80.2 Å². The summed E-state index contributed by atoms with van der Waals surface area (Å²) in [4.78, 5) is 73.4. The predicted molar refractivity (Wildman–Crippen MR) is 455 cm³/mol. The first kappa shape index (κ1) is 108. The highest BCUT2D eigenvalue weighted by Gasteiger charge is 2.31. The first-order chi connectivity index (χ1) is 53.4. The molecule has 0 spiro atoms. The monoisotopic (exact) mass is 1610 g/mol. The summed E-state index contributed by atoms with van der Waals surface area (Å²) >= 11 is 0. The van der Waals surface area contributed by atoms with Crippen molar-refractivity contribution in [2.24, 2.45) is 11.8 Å². The number of hydrogen-bond acceptors (Lipinski definition) is 15. The maximum absolute atomic E-state index is 13.2. The van der Waals surface area contributed by atoms with Gasteiger partial charge in [-0.25, -0.2) is 9.13 Å². The van der Waals surface area contributed by atoms with Crippen LogP contribution in [0.5, 0.6) is 0 Å². The van der Waals surface area contributed by atoms with Crippen molar-refractivity contribution >= 4 is 39.5 Å². The summed E-state index contributed by atoms with van der Waals surface area (Å²) in [6, 6.07) is 0. The third-order valence-corrected chi connectivity index (χ3v) is 23.7. The van der Waals surface area contributed by atoms with Crippen molar-refractivity contribution in [3.05, 3.63) is 0 Å². The van der Waals surface area contributed by atoms with Crippen molar-refractivity contribution in [3.8, 4) is 0 Å². The van der Waals surface area contributed by atoms with E-state index in [-0.39, 0.29) is 25.7 Å². The molecule has 19 heteroatoms. The molecule has 0 saturated heterocycles. The number of phosphoric acid groups is 2. The molecule has 0 heterocycles. The molecule has 0 fully saturated rings. The van der Waals surface area contributed by atoms with Gasteiger partial charge in [-0.1, -0.05) is 440 Å². The Morgan fingerprint density at radius 2 is 0.464 bits per heavy atom. The number of aliphatic hydroxyl groups excluding tert-OH is 1. The van der Waals surface area contributed by atoms with Crippen LogP contribution in [0.3, 0.4) is 0 Å². The minimum atomic E-state index is -4.97. The average molecular weight is 1610 g/mol. The van der Waals surface area contributed by atoms with Crippen LogP contribution in [-0.4, -0.2) is 96.7 Å². The van der Waals surface area contributed by atoms with Gasteiger partial charge in [0.05, 0.1) is 26.4 Å². The Balaban J connectivity index is 5.24. The van der Waals surface area contributed by atoms with Crippen LogP contribution < -0.4 is 0 Å².